The van der Waals surface area contributed by atoms with Gasteiger partial charge >= 0.3 is 5.97 Å². The third-order valence-electron chi connectivity index (χ3n) is 4.61. The molecular weight excluding hydrogens is 318 g/mol. The molecule has 0 aromatic carbocycles. The highest BCUT2D eigenvalue weighted by Crippen LogP contribution is 2.15. The van der Waals surface area contributed by atoms with Crippen molar-refractivity contribution in [2.24, 2.45) is 5.11 Å². The van der Waals surface area contributed by atoms with Gasteiger partial charge in [-0.1, -0.05) is 95.5 Å². The van der Waals surface area contributed by atoms with Crippen LogP contribution in [0.15, 0.2) is 5.11 Å². The molecule has 0 aliphatic heterocycles. The minimum absolute atomic E-state index is 0.512. The van der Waals surface area contributed by atoms with Crippen LogP contribution in [0, 0.1) is 0 Å². The number of azide groups is 1. The minimum Gasteiger partial charge on any atom is -0.467 e. The van der Waals surface area contributed by atoms with Crippen LogP contribution in [0.3, 0.4) is 0 Å². The topological polar surface area (TPSA) is 95.3 Å². The lowest BCUT2D eigenvalue weighted by Gasteiger charge is -2.15. The van der Waals surface area contributed by atoms with E-state index < -0.39 is 18.1 Å². The number of hydrogen-bond acceptors (Lipinski definition) is 4. The summed E-state index contributed by atoms with van der Waals surface area (Å²) in [5.41, 5.74) is 8.54. The summed E-state index contributed by atoms with van der Waals surface area (Å²) in [4.78, 5) is 14.0. The first-order valence-electron chi connectivity index (χ1n) is 9.97. The molecule has 0 unspecified atom stereocenters. The van der Waals surface area contributed by atoms with Crippen LogP contribution in [0.25, 0.3) is 10.4 Å². The highest BCUT2D eigenvalue weighted by molar-refractivity contribution is 5.75. The quantitative estimate of drug-likeness (QED) is 0.119. The van der Waals surface area contributed by atoms with Crippen LogP contribution in [-0.4, -0.2) is 30.3 Å². The maximum atomic E-state index is 11.3. The molecule has 0 saturated heterocycles. The number of carbonyl (C=O) groups is 1. The fourth-order valence-corrected chi connectivity index (χ4v) is 2.99. The Morgan fingerprint density at radius 2 is 1.40 bits per heavy atom. The van der Waals surface area contributed by atoms with Crippen molar-refractivity contribution >= 4 is 5.97 Å². The Balaban J connectivity index is 3.55. The van der Waals surface area contributed by atoms with Crippen molar-refractivity contribution in [3.63, 3.8) is 0 Å². The molecule has 0 heterocycles. The number of ether oxygens (including phenoxy) is 1. The van der Waals surface area contributed by atoms with Gasteiger partial charge in [0.05, 0.1) is 13.2 Å². The Kier molecular flexibility index (Phi) is 16.7. The van der Waals surface area contributed by atoms with Crippen LogP contribution in [-0.2, 0) is 9.53 Å². The van der Waals surface area contributed by atoms with Gasteiger partial charge in [0.2, 0.25) is 0 Å². The second-order valence-electron chi connectivity index (χ2n) is 6.77. The van der Waals surface area contributed by atoms with Gasteiger partial charge in [-0.2, -0.15) is 0 Å². The smallest absolute Gasteiger partial charge is 0.335 e. The summed E-state index contributed by atoms with van der Waals surface area (Å²) < 4.78 is 4.49. The standard InChI is InChI=1S/C19H37N3O3/c1-3-4-5-6-7-8-9-10-11-12-13-14-15-16-17(21-22-20)18(23)19(24)25-2/h17-18,23H,3-16H2,1-2H3/t17-,18-/m0/s1. The predicted molar refractivity (Wildman–Crippen MR) is 101 cm³/mol. The molecule has 0 saturated carbocycles. The van der Waals surface area contributed by atoms with E-state index in [0.29, 0.717) is 6.42 Å². The predicted octanol–water partition coefficient (Wildman–Crippen LogP) is 5.68. The summed E-state index contributed by atoms with van der Waals surface area (Å²) in [5.74, 6) is -0.743. The first kappa shape index (κ1) is 23.7. The Bertz CT molecular complexity index is 371. The lowest BCUT2D eigenvalue weighted by atomic mass is 10.0. The second-order valence-corrected chi connectivity index (χ2v) is 6.77. The van der Waals surface area contributed by atoms with Crippen molar-refractivity contribution in [3.8, 4) is 0 Å². The normalized spacial score (nSPS) is 13.1. The zero-order valence-electron chi connectivity index (χ0n) is 16.2. The first-order valence-corrected chi connectivity index (χ1v) is 9.97. The molecule has 2 atom stereocenters. The van der Waals surface area contributed by atoms with Gasteiger partial charge in [-0.3, -0.25) is 0 Å². The van der Waals surface area contributed by atoms with Gasteiger partial charge < -0.3 is 9.84 Å². The number of esters is 1. The van der Waals surface area contributed by atoms with Crippen molar-refractivity contribution in [3.05, 3.63) is 10.4 Å². The van der Waals surface area contributed by atoms with E-state index in [-0.39, 0.29) is 0 Å². The largest absolute Gasteiger partial charge is 0.467 e. The molecule has 6 heteroatoms. The van der Waals surface area contributed by atoms with E-state index in [1.807, 2.05) is 0 Å². The molecular formula is C19H37N3O3. The number of aliphatic hydroxyl groups is 1. The van der Waals surface area contributed by atoms with Crippen molar-refractivity contribution in [1.29, 1.82) is 0 Å². The molecule has 1 N–H and O–H groups in total. The fraction of sp³-hybridized carbons (Fsp3) is 0.947. The van der Waals surface area contributed by atoms with Crippen molar-refractivity contribution < 1.29 is 14.6 Å². The van der Waals surface area contributed by atoms with E-state index in [0.717, 1.165) is 19.3 Å². The number of rotatable bonds is 17. The minimum atomic E-state index is -1.36. The van der Waals surface area contributed by atoms with Gasteiger partial charge in [-0.15, -0.1) is 0 Å². The monoisotopic (exact) mass is 355 g/mol. The Morgan fingerprint density at radius 1 is 0.960 bits per heavy atom. The van der Waals surface area contributed by atoms with E-state index in [1.54, 1.807) is 0 Å². The zero-order valence-corrected chi connectivity index (χ0v) is 16.2. The SMILES string of the molecule is CCCCCCCCCCCCCCC[C@H](N=[N+]=[N-])[C@H](O)C(=O)OC. The van der Waals surface area contributed by atoms with Gasteiger partial charge in [0, 0.05) is 4.91 Å². The maximum Gasteiger partial charge on any atom is 0.335 e. The molecule has 146 valence electrons. The molecule has 0 aromatic rings. The second kappa shape index (κ2) is 17.6. The van der Waals surface area contributed by atoms with Crippen molar-refractivity contribution in [2.45, 2.75) is 109 Å². The summed E-state index contributed by atoms with van der Waals surface area (Å²) in [7, 11) is 1.21. The molecule has 0 bridgehead atoms. The molecule has 0 fully saturated rings. The first-order chi connectivity index (χ1) is 12.2. The van der Waals surface area contributed by atoms with Gasteiger partial charge in [-0.25, -0.2) is 4.79 Å². The van der Waals surface area contributed by atoms with Crippen molar-refractivity contribution in [2.75, 3.05) is 7.11 Å². The van der Waals surface area contributed by atoms with Crippen LogP contribution in [0.4, 0.5) is 0 Å². The van der Waals surface area contributed by atoms with E-state index >= 15 is 0 Å². The number of carbonyl (C=O) groups excluding carboxylic acids is 1. The molecule has 0 aliphatic carbocycles. The van der Waals surface area contributed by atoms with Crippen LogP contribution in [0.1, 0.15) is 96.8 Å². The lowest BCUT2D eigenvalue weighted by molar-refractivity contribution is -0.151. The Labute approximate surface area is 153 Å². The summed E-state index contributed by atoms with van der Waals surface area (Å²) in [6.07, 6.45) is 15.5. The summed E-state index contributed by atoms with van der Waals surface area (Å²) in [6, 6.07) is -0.731. The molecule has 0 amide bonds. The maximum absolute atomic E-state index is 11.3. The van der Waals surface area contributed by atoms with Crippen LogP contribution in [0.5, 0.6) is 0 Å². The average molecular weight is 356 g/mol. The van der Waals surface area contributed by atoms with Gasteiger partial charge in [0.15, 0.2) is 6.10 Å². The zero-order chi connectivity index (χ0) is 18.8. The summed E-state index contributed by atoms with van der Waals surface area (Å²) in [5, 5.41) is 13.3. The van der Waals surface area contributed by atoms with E-state index in [4.69, 9.17) is 5.53 Å². The van der Waals surface area contributed by atoms with Gasteiger partial charge in [0.25, 0.3) is 0 Å². The molecule has 0 radical (unpaired) electrons. The average Bonchev–Trinajstić information content (AvgIpc) is 2.63. The number of nitrogens with zero attached hydrogens (tertiary/aromatic N) is 3. The fourth-order valence-electron chi connectivity index (χ4n) is 2.99. The highest BCUT2D eigenvalue weighted by atomic mass is 16.5. The number of hydrogen-bond donors (Lipinski definition) is 1. The molecule has 25 heavy (non-hydrogen) atoms. The molecule has 0 spiro atoms. The third kappa shape index (κ3) is 13.7. The van der Waals surface area contributed by atoms with E-state index in [9.17, 15) is 9.90 Å². The Morgan fingerprint density at radius 3 is 1.80 bits per heavy atom. The number of unbranched alkanes of at least 4 members (excludes halogenated alkanes) is 12. The lowest BCUT2D eigenvalue weighted by Crippen LogP contribution is -2.33. The molecule has 0 aromatic heterocycles. The van der Waals surface area contributed by atoms with Crippen LogP contribution in [0.2, 0.25) is 0 Å². The van der Waals surface area contributed by atoms with Crippen molar-refractivity contribution in [1.82, 2.24) is 0 Å². The third-order valence-corrected chi connectivity index (χ3v) is 4.61. The van der Waals surface area contributed by atoms with Gasteiger partial charge in [0.1, 0.15) is 0 Å². The summed E-state index contributed by atoms with van der Waals surface area (Å²) in [6.45, 7) is 2.25. The van der Waals surface area contributed by atoms with E-state index in [2.05, 4.69) is 21.7 Å². The van der Waals surface area contributed by atoms with Crippen LogP contribution >= 0.6 is 0 Å². The van der Waals surface area contributed by atoms with Gasteiger partial charge in [-0.05, 0) is 12.0 Å². The number of methoxy groups -OCH3 is 1. The van der Waals surface area contributed by atoms with E-state index in [1.165, 1.54) is 71.3 Å². The molecule has 0 rings (SSSR count). The Hall–Kier alpha value is -1.26. The van der Waals surface area contributed by atoms with Crippen LogP contribution < -0.4 is 0 Å². The summed E-state index contributed by atoms with van der Waals surface area (Å²) >= 11 is 0. The molecule has 0 aliphatic rings. The highest BCUT2D eigenvalue weighted by Gasteiger charge is 2.25. The molecule has 6 nitrogen and oxygen atoms in total. The number of aliphatic hydroxyl groups excluding tert-OH is 1.